The molecule has 0 saturated heterocycles. The van der Waals surface area contributed by atoms with E-state index in [-0.39, 0.29) is 17.1 Å². The standard InChI is InChI=1S/C22H16N4O4/c1-14(27)25-18-13-16(26(29)30)10-11-17(18)20(22(25)28)21(15-7-3-2-4-8-15)24-19-9-5-6-12-23-19/h2-13,28H,1H3. The number of benzene rings is 2. The number of carbonyl (C=O) groups is 1. The van der Waals surface area contributed by atoms with Gasteiger partial charge < -0.3 is 5.11 Å². The molecule has 2 aromatic carbocycles. The second-order valence-electron chi connectivity index (χ2n) is 6.53. The molecule has 0 saturated carbocycles. The molecule has 0 aliphatic rings. The minimum atomic E-state index is -0.548. The van der Waals surface area contributed by atoms with E-state index in [9.17, 15) is 20.0 Å². The van der Waals surface area contributed by atoms with E-state index in [1.54, 1.807) is 24.4 Å². The second kappa shape index (κ2) is 7.59. The predicted octanol–water partition coefficient (Wildman–Crippen LogP) is 4.48. The zero-order valence-electron chi connectivity index (χ0n) is 15.9. The van der Waals surface area contributed by atoms with E-state index in [4.69, 9.17) is 0 Å². The summed E-state index contributed by atoms with van der Waals surface area (Å²) in [6.45, 7) is 1.28. The van der Waals surface area contributed by atoms with Crippen LogP contribution in [0.1, 0.15) is 22.8 Å². The van der Waals surface area contributed by atoms with E-state index in [0.717, 1.165) is 4.57 Å². The average molecular weight is 400 g/mol. The highest BCUT2D eigenvalue weighted by Gasteiger charge is 2.25. The lowest BCUT2D eigenvalue weighted by Gasteiger charge is -2.08. The first kappa shape index (κ1) is 19.0. The van der Waals surface area contributed by atoms with Crippen molar-refractivity contribution in [2.45, 2.75) is 6.92 Å². The largest absolute Gasteiger partial charge is 0.494 e. The fourth-order valence-electron chi connectivity index (χ4n) is 3.32. The SMILES string of the molecule is CC(=O)n1c(O)c(C(=Nc2ccccn2)c2ccccc2)c2ccc([N+](=O)[O-])cc21. The van der Waals surface area contributed by atoms with Crippen molar-refractivity contribution in [1.82, 2.24) is 9.55 Å². The molecule has 8 heteroatoms. The number of non-ortho nitro benzene ring substituents is 1. The van der Waals surface area contributed by atoms with Gasteiger partial charge in [0.15, 0.2) is 5.82 Å². The van der Waals surface area contributed by atoms with Gasteiger partial charge in [0.25, 0.3) is 5.69 Å². The maximum absolute atomic E-state index is 12.3. The van der Waals surface area contributed by atoms with Gasteiger partial charge in [-0.1, -0.05) is 36.4 Å². The van der Waals surface area contributed by atoms with Gasteiger partial charge in [0.2, 0.25) is 11.8 Å². The van der Waals surface area contributed by atoms with Crippen LogP contribution in [0, 0.1) is 10.1 Å². The number of pyridine rings is 1. The van der Waals surface area contributed by atoms with Crippen molar-refractivity contribution < 1.29 is 14.8 Å². The Morgan fingerprint density at radius 1 is 1.10 bits per heavy atom. The molecule has 0 atom stereocenters. The highest BCUT2D eigenvalue weighted by atomic mass is 16.6. The smallest absolute Gasteiger partial charge is 0.271 e. The molecule has 8 nitrogen and oxygen atoms in total. The lowest BCUT2D eigenvalue weighted by Crippen LogP contribution is -2.07. The van der Waals surface area contributed by atoms with Gasteiger partial charge in [-0.05, 0) is 18.2 Å². The van der Waals surface area contributed by atoms with Gasteiger partial charge in [0.1, 0.15) is 0 Å². The van der Waals surface area contributed by atoms with Crippen LogP contribution < -0.4 is 0 Å². The molecule has 0 unspecified atom stereocenters. The van der Waals surface area contributed by atoms with Crippen molar-refractivity contribution in [1.29, 1.82) is 0 Å². The summed E-state index contributed by atoms with van der Waals surface area (Å²) >= 11 is 0. The molecule has 0 spiro atoms. The van der Waals surface area contributed by atoms with Gasteiger partial charge in [-0.25, -0.2) is 14.5 Å². The van der Waals surface area contributed by atoms with Crippen LogP contribution in [-0.2, 0) is 0 Å². The molecular weight excluding hydrogens is 384 g/mol. The van der Waals surface area contributed by atoms with Gasteiger partial charge >= 0.3 is 0 Å². The number of aliphatic imine (C=N–C) groups is 1. The van der Waals surface area contributed by atoms with Crippen LogP contribution in [0.25, 0.3) is 10.9 Å². The Morgan fingerprint density at radius 2 is 1.83 bits per heavy atom. The minimum absolute atomic E-state index is 0.183. The Bertz CT molecular complexity index is 1300. The second-order valence-corrected chi connectivity index (χ2v) is 6.53. The number of aromatic hydroxyl groups is 1. The summed E-state index contributed by atoms with van der Waals surface area (Å²) < 4.78 is 1.05. The third-order valence-corrected chi connectivity index (χ3v) is 4.61. The Balaban J connectivity index is 2.08. The fraction of sp³-hybridized carbons (Fsp3) is 0.0455. The number of carbonyl (C=O) groups excluding carboxylic acids is 1. The predicted molar refractivity (Wildman–Crippen MR) is 113 cm³/mol. The molecule has 0 amide bonds. The number of hydrogen-bond acceptors (Lipinski definition) is 6. The fourth-order valence-corrected chi connectivity index (χ4v) is 3.32. The lowest BCUT2D eigenvalue weighted by atomic mass is 10.0. The third-order valence-electron chi connectivity index (χ3n) is 4.61. The van der Waals surface area contributed by atoms with Crippen LogP contribution in [0.15, 0.2) is 77.9 Å². The van der Waals surface area contributed by atoms with Gasteiger partial charge in [0.05, 0.1) is 21.7 Å². The molecule has 0 aliphatic heterocycles. The van der Waals surface area contributed by atoms with Crippen LogP contribution in [0.2, 0.25) is 0 Å². The van der Waals surface area contributed by atoms with E-state index >= 15 is 0 Å². The lowest BCUT2D eigenvalue weighted by molar-refractivity contribution is -0.384. The van der Waals surface area contributed by atoms with Gasteiger partial charge in [-0.2, -0.15) is 0 Å². The first-order valence-electron chi connectivity index (χ1n) is 9.05. The van der Waals surface area contributed by atoms with Crippen molar-refractivity contribution in [2.24, 2.45) is 4.99 Å². The number of fused-ring (bicyclic) bond motifs is 1. The molecule has 0 bridgehead atoms. The zero-order valence-corrected chi connectivity index (χ0v) is 15.9. The molecule has 0 fully saturated rings. The van der Waals surface area contributed by atoms with Crippen molar-refractivity contribution in [2.75, 3.05) is 0 Å². The highest BCUT2D eigenvalue weighted by Crippen LogP contribution is 2.36. The van der Waals surface area contributed by atoms with Crippen molar-refractivity contribution >= 4 is 34.0 Å². The molecular formula is C22H16N4O4. The maximum atomic E-state index is 12.3. The van der Waals surface area contributed by atoms with Crippen LogP contribution in [0.3, 0.4) is 0 Å². The number of aromatic nitrogens is 2. The average Bonchev–Trinajstić information content (AvgIpc) is 3.04. The molecule has 0 radical (unpaired) electrons. The van der Waals surface area contributed by atoms with E-state index in [2.05, 4.69) is 9.98 Å². The third kappa shape index (κ3) is 3.30. The summed E-state index contributed by atoms with van der Waals surface area (Å²) in [6, 6.07) is 18.5. The van der Waals surface area contributed by atoms with Crippen molar-refractivity contribution in [3.05, 3.63) is 94.2 Å². The van der Waals surface area contributed by atoms with E-state index in [1.165, 1.54) is 25.1 Å². The number of nitrogens with zero attached hydrogens (tertiary/aromatic N) is 4. The molecule has 30 heavy (non-hydrogen) atoms. The Morgan fingerprint density at radius 3 is 2.47 bits per heavy atom. The maximum Gasteiger partial charge on any atom is 0.271 e. The number of nitro groups is 1. The molecule has 2 heterocycles. The number of rotatable bonds is 4. The van der Waals surface area contributed by atoms with Crippen LogP contribution >= 0.6 is 0 Å². The first-order chi connectivity index (χ1) is 14.5. The van der Waals surface area contributed by atoms with Crippen molar-refractivity contribution in [3.63, 3.8) is 0 Å². The summed E-state index contributed by atoms with van der Waals surface area (Å²) in [4.78, 5) is 31.8. The summed E-state index contributed by atoms with van der Waals surface area (Å²) in [5.41, 5.74) is 1.43. The quantitative estimate of drug-likeness (QED) is 0.308. The van der Waals surface area contributed by atoms with E-state index < -0.39 is 10.8 Å². The molecule has 0 aliphatic carbocycles. The number of nitro benzene ring substituents is 1. The topological polar surface area (TPSA) is 111 Å². The molecule has 148 valence electrons. The molecule has 4 rings (SSSR count). The summed E-state index contributed by atoms with van der Waals surface area (Å²) in [5.74, 6) is -0.396. The molecule has 1 N–H and O–H groups in total. The summed E-state index contributed by atoms with van der Waals surface area (Å²) in [7, 11) is 0. The molecule has 2 aromatic heterocycles. The first-order valence-corrected chi connectivity index (χ1v) is 9.05. The monoisotopic (exact) mass is 400 g/mol. The zero-order chi connectivity index (χ0) is 21.3. The van der Waals surface area contributed by atoms with Crippen LogP contribution in [0.5, 0.6) is 5.88 Å². The summed E-state index contributed by atoms with van der Waals surface area (Å²) in [5, 5.41) is 22.7. The van der Waals surface area contributed by atoms with Crippen molar-refractivity contribution in [3.8, 4) is 5.88 Å². The number of hydrogen-bond donors (Lipinski definition) is 1. The summed E-state index contributed by atoms with van der Waals surface area (Å²) in [6.07, 6.45) is 1.60. The van der Waals surface area contributed by atoms with Gasteiger partial charge in [-0.15, -0.1) is 0 Å². The van der Waals surface area contributed by atoms with Crippen LogP contribution in [0.4, 0.5) is 11.5 Å². The van der Waals surface area contributed by atoms with E-state index in [1.807, 2.05) is 30.3 Å². The van der Waals surface area contributed by atoms with Gasteiger partial charge in [0, 0.05) is 36.2 Å². The minimum Gasteiger partial charge on any atom is -0.494 e. The highest BCUT2D eigenvalue weighted by molar-refractivity contribution is 6.23. The van der Waals surface area contributed by atoms with Gasteiger partial charge in [-0.3, -0.25) is 14.9 Å². The Kier molecular flexibility index (Phi) is 4.81. The van der Waals surface area contributed by atoms with Crippen LogP contribution in [-0.4, -0.2) is 31.2 Å². The Hall–Kier alpha value is -4.33. The normalized spacial score (nSPS) is 11.6. The van der Waals surface area contributed by atoms with E-state index in [0.29, 0.717) is 28.0 Å². The molecule has 4 aromatic rings. The Labute approximate surface area is 170 Å².